The molecule has 0 unspecified atom stereocenters. The predicted molar refractivity (Wildman–Crippen MR) is 512 cm³/mol. The number of rotatable bonds is 16. The molecule has 0 fully saturated rings. The third kappa shape index (κ3) is 27.2. The van der Waals surface area contributed by atoms with Gasteiger partial charge in [-0.1, -0.05) is 152 Å². The molecule has 19 rings (SSSR count). The highest BCUT2D eigenvalue weighted by molar-refractivity contribution is 7.98. The first-order valence-electron chi connectivity index (χ1n) is 42.5. The molecule has 0 aliphatic rings. The van der Waals surface area contributed by atoms with Gasteiger partial charge < -0.3 is 0 Å². The summed E-state index contributed by atoms with van der Waals surface area (Å²) < 4.78 is 352. The van der Waals surface area contributed by atoms with Gasteiger partial charge >= 0.3 is 24.7 Å². The second-order valence-electron chi connectivity index (χ2n) is 30.6. The Bertz CT molecular complexity index is 7120. The molecule has 144 heavy (non-hydrogen) atoms. The Balaban J connectivity index is 0.000000137. The van der Waals surface area contributed by atoms with Gasteiger partial charge in [0.15, 0.2) is 105 Å². The lowest BCUT2D eigenvalue weighted by Crippen LogP contribution is -2.18. The minimum Gasteiger partial charge on any atom is -0.207 e. The van der Waals surface area contributed by atoms with Crippen LogP contribution in [0.4, 0.5) is 114 Å². The second-order valence-corrected chi connectivity index (χ2v) is 42.6. The van der Waals surface area contributed by atoms with Crippen LogP contribution in [0, 0.1) is 81.4 Å². The number of benzene rings is 18. The second kappa shape index (κ2) is 47.1. The van der Waals surface area contributed by atoms with Crippen LogP contribution >= 0.6 is 10.5 Å². The van der Waals surface area contributed by atoms with E-state index >= 15 is 0 Å². The Morgan fingerprint density at radius 1 is 0.167 bits per heavy atom. The Morgan fingerprint density at radius 2 is 0.410 bits per heavy atom. The Labute approximate surface area is 825 Å². The van der Waals surface area contributed by atoms with Crippen LogP contribution in [-0.4, -0.2) is 0 Å². The highest BCUT2D eigenvalue weighted by atomic mass is 32.2. The maximum atomic E-state index is 13.6. The molecule has 19 aromatic rings. The van der Waals surface area contributed by atoms with Crippen LogP contribution in [0.2, 0.25) is 0 Å². The van der Waals surface area contributed by atoms with E-state index in [2.05, 4.69) is 24.3 Å². The van der Waals surface area contributed by atoms with E-state index in [1.165, 1.54) is 82.6 Å². The van der Waals surface area contributed by atoms with Crippen molar-refractivity contribution in [3.05, 3.63) is 528 Å². The summed E-state index contributed by atoms with van der Waals surface area (Å²) in [6, 6.07) is 105. The molecule has 0 bridgehead atoms. The van der Waals surface area contributed by atoms with Crippen molar-refractivity contribution in [1.82, 2.24) is 0 Å². The van der Waals surface area contributed by atoms with Crippen molar-refractivity contribution in [2.75, 3.05) is 0 Å². The number of alkyl halides is 12. The molecule has 1 aromatic heterocycles. The molecule has 0 atom stereocenters. The molecule has 0 aliphatic heterocycles. The van der Waals surface area contributed by atoms with E-state index in [4.69, 9.17) is 0 Å². The van der Waals surface area contributed by atoms with Gasteiger partial charge in [-0.05, 0) is 158 Å². The van der Waals surface area contributed by atoms with E-state index in [9.17, 15) is 114 Å². The lowest BCUT2D eigenvalue weighted by atomic mass is 10.2. The summed E-state index contributed by atoms with van der Waals surface area (Å²) in [5.41, 5.74) is -3.08. The molecule has 1 heterocycles. The fourth-order valence-corrected chi connectivity index (χ4v) is 28.1. The molecule has 0 aliphatic carbocycles. The van der Waals surface area contributed by atoms with Gasteiger partial charge in [-0.3, -0.25) is 0 Å². The molecule has 0 N–H and O–H groups in total. The van der Waals surface area contributed by atoms with E-state index < -0.39 is 177 Å². The predicted octanol–water partition coefficient (Wildman–Crippen LogP) is 35.7. The van der Waals surface area contributed by atoms with E-state index in [1.807, 2.05) is 158 Å². The van der Waals surface area contributed by atoms with E-state index in [0.29, 0.717) is 57.2 Å². The summed E-state index contributed by atoms with van der Waals surface area (Å²) in [7, 11) is -6.01. The molecule has 32 heteroatoms. The molecule has 0 nitrogen and oxygen atoms in total. The Morgan fingerprint density at radius 3 is 0.722 bits per heavy atom. The number of hydrogen-bond donors (Lipinski definition) is 0. The number of halogens is 26. The van der Waals surface area contributed by atoms with Crippen LogP contribution in [0.25, 0.3) is 25.1 Å². The SMILES string of the molecule is FC(F)(F)c1cccc(-[s+]2c3ccccc3c3ccccc32)c1.FC(F)(F)c1cccc([S+](c2ccccc2)c2ccccc2)c1.FC(F)(F)c1ccccc1[S+](c1ccccc1)c1ccccc1C(F)(F)F.Fc1cc(F)cc([S+](c2cc(F)cc(F)c2)c2cc(F)c(F)c(F)c2)c1.Fc1cc(F)cc([S+](c2cc(F)cc(F)c2)c2cc(F)cc(F)c2)c1.Fc1ccc([S+](c2ccccc2)c2ccccc2)cc1. The van der Waals surface area contributed by atoms with Crippen molar-refractivity contribution < 1.29 is 114 Å². The standard InChI is InChI=1S/C20H13F6S.C19H12F3S.C19H14F3S.C18H8F7S.C18H9F6S.C18H14FS/c21-19(22,23)15-10-4-6-12-17(15)27(14-8-2-1-3-9-14)18-13-7-5-11-16(18)20(24,25)26;20-19(21,22)13-6-5-7-14(12-13)23-17-10-3-1-8-15(17)16-9-2-4-11-18(16)23;20-19(21,22)15-8-7-13-18(14-15)23(16-9-3-1-4-10-16)17-11-5-2-6-12-17;19-9-1-10(20)4-13(3-9)26(14-5-11(21)2-12(22)6-14)15-7-16(23)18(25)17(24)8-15;19-10-1-11(20)5-16(4-10)25(17-6-12(21)2-13(22)7-17)18-8-14(23)3-15(24)9-18;19-15-11-13-18(14-12-15)20(16-7-3-1-4-8-16)17-9-5-2-6-10-17/h1-13H;1-12H;1-14H;1-8H;1-9H;1-14H/q6*+1. The lowest BCUT2D eigenvalue weighted by Gasteiger charge is -2.16. The van der Waals surface area contributed by atoms with Gasteiger partial charge in [0.05, 0.1) is 54.7 Å². The van der Waals surface area contributed by atoms with Crippen molar-refractivity contribution >= 4 is 85.1 Å². The van der Waals surface area contributed by atoms with Gasteiger partial charge in [0.25, 0.3) is 0 Å². The summed E-state index contributed by atoms with van der Waals surface area (Å²) >= 11 is 0. The topological polar surface area (TPSA) is 0 Å². The highest BCUT2D eigenvalue weighted by Gasteiger charge is 2.47. The van der Waals surface area contributed by atoms with Crippen molar-refractivity contribution in [3.63, 3.8) is 0 Å². The highest BCUT2D eigenvalue weighted by Crippen LogP contribution is 2.51. The zero-order valence-corrected chi connectivity index (χ0v) is 78.6. The van der Waals surface area contributed by atoms with Gasteiger partial charge in [-0.2, -0.15) is 52.7 Å². The normalized spacial score (nSPS) is 11.6. The quantitative estimate of drug-likeness (QED) is 0.0514. The zero-order chi connectivity index (χ0) is 103. The average molecular weight is 2100 g/mol. The van der Waals surface area contributed by atoms with Crippen molar-refractivity contribution in [2.45, 2.75) is 98.1 Å². The van der Waals surface area contributed by atoms with Crippen molar-refractivity contribution in [1.29, 1.82) is 0 Å². The van der Waals surface area contributed by atoms with Gasteiger partial charge in [-0.25, -0.2) is 61.5 Å². The van der Waals surface area contributed by atoms with Crippen molar-refractivity contribution in [2.24, 2.45) is 0 Å². The van der Waals surface area contributed by atoms with E-state index in [-0.39, 0.29) is 55.9 Å². The van der Waals surface area contributed by atoms with Gasteiger partial charge in [0.1, 0.15) is 86.0 Å². The van der Waals surface area contributed by atoms with Crippen LogP contribution in [0.3, 0.4) is 0 Å². The van der Waals surface area contributed by atoms with Gasteiger partial charge in [0.2, 0.25) is 0 Å². The largest absolute Gasteiger partial charge is 0.421 e. The fourth-order valence-electron chi connectivity index (χ4n) is 14.7. The summed E-state index contributed by atoms with van der Waals surface area (Å²) in [6.45, 7) is 0. The summed E-state index contributed by atoms with van der Waals surface area (Å²) in [6.07, 6.45) is -18.0. The monoisotopic (exact) mass is 2100 g/mol. The van der Waals surface area contributed by atoms with Crippen LogP contribution in [0.5, 0.6) is 0 Å². The Hall–Kier alpha value is -13.9. The maximum absolute atomic E-state index is 13.6. The molecule has 730 valence electrons. The summed E-state index contributed by atoms with van der Waals surface area (Å²) in [5, 5.41) is 2.23. The van der Waals surface area contributed by atoms with Crippen molar-refractivity contribution in [3.8, 4) is 4.90 Å². The third-order valence-electron chi connectivity index (χ3n) is 20.6. The van der Waals surface area contributed by atoms with Crippen LogP contribution in [0.1, 0.15) is 22.3 Å². The first-order chi connectivity index (χ1) is 68.7. The van der Waals surface area contributed by atoms with Crippen LogP contribution < -0.4 is 0 Å². The molecule has 0 amide bonds. The molecule has 0 saturated carbocycles. The molecule has 18 aromatic carbocycles. The average Bonchev–Trinajstić information content (AvgIpc) is 1.57. The summed E-state index contributed by atoms with van der Waals surface area (Å²) in [4.78, 5) is 6.47. The minimum absolute atomic E-state index is 0.00694. The van der Waals surface area contributed by atoms with E-state index in [1.54, 1.807) is 42.5 Å². The Kier molecular flexibility index (Phi) is 34.6. The molecule has 0 radical (unpaired) electrons. The summed E-state index contributed by atoms with van der Waals surface area (Å²) in [5.74, 6) is -14.4. The molecule has 0 saturated heterocycles. The zero-order valence-electron chi connectivity index (χ0n) is 73.7. The van der Waals surface area contributed by atoms with Gasteiger partial charge in [-0.15, -0.1) is 0 Å². The minimum atomic E-state index is -4.68. The number of fused-ring (bicyclic) bond motifs is 3. The third-order valence-corrected chi connectivity index (χ3v) is 34.0. The molecular weight excluding hydrogens is 2030 g/mol. The lowest BCUT2D eigenvalue weighted by molar-refractivity contribution is -0.140. The maximum Gasteiger partial charge on any atom is 0.421 e. The van der Waals surface area contributed by atoms with E-state index in [0.717, 1.165) is 120 Å². The van der Waals surface area contributed by atoms with Gasteiger partial charge in [0, 0.05) is 137 Å². The number of hydrogen-bond acceptors (Lipinski definition) is 0. The van der Waals surface area contributed by atoms with Crippen LogP contribution in [0.15, 0.2) is 498 Å². The molecular formula is C112H70F26S6+6. The smallest absolute Gasteiger partial charge is 0.207 e. The first-order valence-corrected chi connectivity index (χ1v) is 49.8. The first kappa shape index (κ1) is 106. The molecule has 0 spiro atoms. The fraction of sp³-hybridized carbons (Fsp3) is 0.0357. The number of thiophene rings is 1. The van der Waals surface area contributed by atoms with Crippen LogP contribution in [-0.2, 0) is 79.2 Å².